The molecule has 0 fully saturated rings. The van der Waals surface area contributed by atoms with E-state index in [9.17, 15) is 68.7 Å². The molecule has 0 radical (unpaired) electrons. The molecule has 1 aromatic carbocycles. The van der Waals surface area contributed by atoms with E-state index in [1.54, 1.807) is 24.6 Å². The summed E-state index contributed by atoms with van der Waals surface area (Å²) in [5.41, 5.74) is 23.7. The Morgan fingerprint density at radius 3 is 1.20 bits per heavy atom. The molecule has 76 heavy (non-hydrogen) atoms. The summed E-state index contributed by atoms with van der Waals surface area (Å²) in [7, 11) is 0. The van der Waals surface area contributed by atoms with Crippen molar-refractivity contribution in [1.82, 2.24) is 42.5 Å². The number of carbonyl (C=O) groups excluding carboxylic acids is 8. The smallest absolute Gasteiger partial charge is 0.326 e. The molecular formula is C48H84N12O14S2. The summed E-state index contributed by atoms with van der Waals surface area (Å²) in [6, 6.07) is -6.85. The number of aliphatic hydroxyl groups is 3. The number of carbonyl (C=O) groups is 9. The van der Waals surface area contributed by atoms with E-state index in [1.165, 1.54) is 49.5 Å². The average Bonchev–Trinajstić information content (AvgIpc) is 3.37. The van der Waals surface area contributed by atoms with Crippen LogP contribution in [0.3, 0.4) is 0 Å². The third-order valence-corrected chi connectivity index (χ3v) is 13.2. The summed E-state index contributed by atoms with van der Waals surface area (Å²) in [5.74, 6) is -7.91. The molecule has 0 saturated heterocycles. The molecule has 0 aliphatic carbocycles. The molecule has 0 heterocycles. The largest absolute Gasteiger partial charge is 0.508 e. The molecule has 0 unspecified atom stereocenters. The van der Waals surface area contributed by atoms with Gasteiger partial charge in [-0.25, -0.2) is 4.79 Å². The fourth-order valence-corrected chi connectivity index (χ4v) is 8.33. The second-order valence-corrected chi connectivity index (χ2v) is 20.2. The molecule has 28 heteroatoms. The number of aliphatic carboxylic acids is 1. The number of carboxylic acids is 1. The number of phenols is 1. The summed E-state index contributed by atoms with van der Waals surface area (Å²) < 4.78 is 0. The van der Waals surface area contributed by atoms with Gasteiger partial charge in [-0.3, -0.25) is 38.4 Å². The fraction of sp³-hybridized carbons (Fsp3) is 0.688. The van der Waals surface area contributed by atoms with Gasteiger partial charge in [-0.1, -0.05) is 12.1 Å². The summed E-state index contributed by atoms with van der Waals surface area (Å²) in [5, 5.41) is 70.7. The highest BCUT2D eigenvalue weighted by molar-refractivity contribution is 7.98. The molecule has 26 nitrogen and oxygen atoms in total. The molecule has 1 aromatic rings. The van der Waals surface area contributed by atoms with Gasteiger partial charge >= 0.3 is 5.97 Å². The third-order valence-electron chi connectivity index (χ3n) is 11.9. The zero-order chi connectivity index (χ0) is 57.3. The molecule has 0 aliphatic heterocycles. The summed E-state index contributed by atoms with van der Waals surface area (Å²) in [4.78, 5) is 121. The molecule has 0 aromatic heterocycles. The van der Waals surface area contributed by atoms with E-state index < -0.39 is 126 Å². The van der Waals surface area contributed by atoms with Crippen molar-refractivity contribution < 1.29 is 68.7 Å². The number of nitrogens with two attached hydrogens (primary N) is 4. The van der Waals surface area contributed by atoms with Crippen LogP contribution >= 0.6 is 23.5 Å². The SMILES string of the molecule is CSCC[C@H](NC(=O)[C@H](CO)NC(=O)[C@@H](N)Cc1ccc(O)cc1)C(=O)N[C@@H](CCCCN)C(=O)N[C@@H](CCCCN)C(=O)N[C@H](C(=O)N[C@H](C(=O)N[C@@H](CCSC)C(=O)N[C@@H](CCCCN)C(=O)O)[C@@H](C)O)[C@@H](C)O. The Morgan fingerprint density at radius 2 is 0.816 bits per heavy atom. The zero-order valence-corrected chi connectivity index (χ0v) is 45.6. The van der Waals surface area contributed by atoms with Crippen molar-refractivity contribution in [2.45, 2.75) is 157 Å². The van der Waals surface area contributed by atoms with Gasteiger partial charge in [-0.15, -0.1) is 0 Å². The summed E-state index contributed by atoms with van der Waals surface area (Å²) in [6.45, 7) is 2.25. The van der Waals surface area contributed by atoms with E-state index >= 15 is 0 Å². The lowest BCUT2D eigenvalue weighted by molar-refractivity contribution is -0.142. The average molecular weight is 1120 g/mol. The third kappa shape index (κ3) is 26.1. The van der Waals surface area contributed by atoms with E-state index in [2.05, 4.69) is 42.5 Å². The van der Waals surface area contributed by atoms with Crippen LogP contribution in [-0.4, -0.2) is 196 Å². The Balaban J connectivity index is 3.35. The maximum absolute atomic E-state index is 14.1. The topological polar surface area (TPSA) is 455 Å². The highest BCUT2D eigenvalue weighted by Crippen LogP contribution is 2.13. The quantitative estimate of drug-likeness (QED) is 0.0278. The second kappa shape index (κ2) is 38.3. The van der Waals surface area contributed by atoms with Gasteiger partial charge in [-0.05, 0) is 152 Å². The van der Waals surface area contributed by atoms with E-state index in [1.807, 2.05) is 0 Å². The Kier molecular flexibility index (Phi) is 34.6. The number of rotatable bonds is 40. The standard InChI is InChI=1S/C48H84N12O14S2/c1-27(62)38(46(71)56-35(19-24-76-4)43(68)57-36(48(73)74)13-7-10-22-51)60-47(72)39(28(2)63)59-44(69)33(12-6-9-21-50)54-41(66)32(11-5-8-20-49)53-42(67)34(18-23-75-3)55-45(70)37(26-61)58-40(65)31(52)25-29-14-16-30(64)17-15-29/h14-17,27-28,31-39,61-64H,5-13,18-26,49-52H2,1-4H3,(H,53,67)(H,54,66)(H,55,70)(H,56,71)(H,57,68)(H,58,65)(H,59,69)(H,60,72)(H,73,74)/t27-,28-,31+,32+,33+,34+,35+,36+,37+,38+,39+/m1/s1. The van der Waals surface area contributed by atoms with Gasteiger partial charge in [0.15, 0.2) is 0 Å². The van der Waals surface area contributed by atoms with Crippen molar-refractivity contribution in [2.75, 3.05) is 50.3 Å². The molecule has 0 spiro atoms. The number of phenolic OH excluding ortho intramolecular Hbond substituents is 1. The number of benzene rings is 1. The summed E-state index contributed by atoms with van der Waals surface area (Å²) in [6.07, 6.45) is 2.81. The van der Waals surface area contributed by atoms with Crippen molar-refractivity contribution in [2.24, 2.45) is 22.9 Å². The van der Waals surface area contributed by atoms with Crippen LogP contribution in [-0.2, 0) is 49.6 Å². The van der Waals surface area contributed by atoms with Crippen LogP contribution < -0.4 is 65.5 Å². The Labute approximate surface area is 452 Å². The molecular weight excluding hydrogens is 1030 g/mol. The number of amides is 8. The lowest BCUT2D eigenvalue weighted by Gasteiger charge is -2.29. The van der Waals surface area contributed by atoms with Gasteiger partial charge < -0.3 is 91.0 Å². The second-order valence-electron chi connectivity index (χ2n) is 18.2. The first-order valence-corrected chi connectivity index (χ1v) is 28.1. The Bertz CT molecular complexity index is 1980. The van der Waals surface area contributed by atoms with Gasteiger partial charge in [0.05, 0.1) is 24.9 Å². The van der Waals surface area contributed by atoms with Crippen LogP contribution in [0.2, 0.25) is 0 Å². The molecule has 11 atom stereocenters. The minimum atomic E-state index is -1.79. The number of hydrogen-bond donors (Lipinski definition) is 17. The lowest BCUT2D eigenvalue weighted by atomic mass is 10.0. The Hall–Kier alpha value is -5.33. The number of hydrogen-bond acceptors (Lipinski definition) is 19. The van der Waals surface area contributed by atoms with Gasteiger partial charge in [0.1, 0.15) is 54.1 Å². The van der Waals surface area contributed by atoms with Crippen molar-refractivity contribution in [3.63, 3.8) is 0 Å². The molecule has 1 rings (SSSR count). The molecule has 8 amide bonds. The van der Waals surface area contributed by atoms with Gasteiger partial charge in [-0.2, -0.15) is 23.5 Å². The fourth-order valence-electron chi connectivity index (χ4n) is 7.39. The highest BCUT2D eigenvalue weighted by Gasteiger charge is 2.37. The normalized spacial score (nSPS) is 15.6. The van der Waals surface area contributed by atoms with E-state index in [0.717, 1.165) is 0 Å². The molecule has 0 saturated carbocycles. The number of nitrogens with one attached hydrogen (secondary N) is 8. The predicted molar refractivity (Wildman–Crippen MR) is 288 cm³/mol. The number of aliphatic hydroxyl groups excluding tert-OH is 3. The number of thioether (sulfide) groups is 2. The van der Waals surface area contributed by atoms with Crippen LogP contribution in [0.1, 0.15) is 90.0 Å². The number of aromatic hydroxyl groups is 1. The van der Waals surface area contributed by atoms with Gasteiger partial charge in [0.25, 0.3) is 0 Å². The molecule has 0 bridgehead atoms. The minimum Gasteiger partial charge on any atom is -0.508 e. The van der Waals surface area contributed by atoms with E-state index in [-0.39, 0.29) is 63.8 Å². The Morgan fingerprint density at radius 1 is 0.487 bits per heavy atom. The maximum Gasteiger partial charge on any atom is 0.326 e. The van der Waals surface area contributed by atoms with Crippen LogP contribution in [0, 0.1) is 0 Å². The number of carboxylic acid groups (broad SMARTS) is 1. The lowest BCUT2D eigenvalue weighted by Crippen LogP contribution is -2.63. The monoisotopic (exact) mass is 1120 g/mol. The minimum absolute atomic E-state index is 0.0122. The van der Waals surface area contributed by atoms with Crippen molar-refractivity contribution in [3.05, 3.63) is 29.8 Å². The zero-order valence-electron chi connectivity index (χ0n) is 43.9. The highest BCUT2D eigenvalue weighted by atomic mass is 32.2. The van der Waals surface area contributed by atoms with Gasteiger partial charge in [0, 0.05) is 0 Å². The first kappa shape index (κ1) is 68.7. The van der Waals surface area contributed by atoms with Crippen LogP contribution in [0.4, 0.5) is 0 Å². The van der Waals surface area contributed by atoms with Gasteiger partial charge in [0.2, 0.25) is 47.3 Å². The number of unbranched alkanes of at least 4 members (excludes halogenated alkanes) is 3. The predicted octanol–water partition coefficient (Wildman–Crippen LogP) is -4.13. The van der Waals surface area contributed by atoms with Crippen LogP contribution in [0.5, 0.6) is 5.75 Å². The molecule has 432 valence electrons. The van der Waals surface area contributed by atoms with E-state index in [4.69, 9.17) is 22.9 Å². The van der Waals surface area contributed by atoms with Crippen LogP contribution in [0.15, 0.2) is 24.3 Å². The first-order chi connectivity index (χ1) is 36.1. The molecule has 21 N–H and O–H groups in total. The van der Waals surface area contributed by atoms with Crippen molar-refractivity contribution in [3.8, 4) is 5.75 Å². The maximum atomic E-state index is 14.1. The van der Waals surface area contributed by atoms with Crippen molar-refractivity contribution >= 4 is 76.8 Å². The first-order valence-electron chi connectivity index (χ1n) is 25.3. The van der Waals surface area contributed by atoms with Crippen LogP contribution in [0.25, 0.3) is 0 Å². The summed E-state index contributed by atoms with van der Waals surface area (Å²) >= 11 is 2.69. The van der Waals surface area contributed by atoms with E-state index in [0.29, 0.717) is 55.7 Å². The van der Waals surface area contributed by atoms with Crippen molar-refractivity contribution in [1.29, 1.82) is 0 Å². The molecule has 0 aliphatic rings.